The highest BCUT2D eigenvalue weighted by atomic mass is 16.5. The van der Waals surface area contributed by atoms with Crippen LogP contribution in [-0.4, -0.2) is 36.7 Å². The Morgan fingerprint density at radius 1 is 1.38 bits per heavy atom. The van der Waals surface area contributed by atoms with Gasteiger partial charge in [-0.3, -0.25) is 4.79 Å². The van der Waals surface area contributed by atoms with Gasteiger partial charge in [-0.15, -0.1) is 0 Å². The molecule has 0 spiro atoms. The summed E-state index contributed by atoms with van der Waals surface area (Å²) in [4.78, 5) is 22.6. The molecule has 0 aliphatic heterocycles. The number of amides is 1. The first-order chi connectivity index (χ1) is 7.20. The number of aliphatic carboxylic acids is 1. The molecule has 2 unspecified atom stereocenters. The summed E-state index contributed by atoms with van der Waals surface area (Å²) in [6.45, 7) is 7.55. The Labute approximate surface area is 96.2 Å². The van der Waals surface area contributed by atoms with E-state index in [1.807, 2.05) is 20.8 Å². The van der Waals surface area contributed by atoms with Crippen LogP contribution in [-0.2, 0) is 14.3 Å². The van der Waals surface area contributed by atoms with Crippen LogP contribution in [0.15, 0.2) is 0 Å². The van der Waals surface area contributed by atoms with Gasteiger partial charge in [0.25, 0.3) is 0 Å². The average molecular weight is 231 g/mol. The highest BCUT2D eigenvalue weighted by Crippen LogP contribution is 2.25. The van der Waals surface area contributed by atoms with Crippen molar-refractivity contribution in [1.29, 1.82) is 0 Å². The van der Waals surface area contributed by atoms with Crippen molar-refractivity contribution in [3.8, 4) is 0 Å². The van der Waals surface area contributed by atoms with Gasteiger partial charge in [-0.05, 0) is 5.41 Å². The van der Waals surface area contributed by atoms with E-state index in [1.165, 1.54) is 7.11 Å². The zero-order valence-electron chi connectivity index (χ0n) is 10.5. The van der Waals surface area contributed by atoms with E-state index in [4.69, 9.17) is 9.84 Å². The van der Waals surface area contributed by atoms with E-state index < -0.39 is 12.0 Å². The SMILES string of the molecule is COCC(NC(=O)C(C)C(C)(C)C)C(=O)O. The molecule has 0 aliphatic carbocycles. The molecule has 0 radical (unpaired) electrons. The largest absolute Gasteiger partial charge is 0.480 e. The van der Waals surface area contributed by atoms with Gasteiger partial charge in [-0.25, -0.2) is 4.79 Å². The molecule has 0 heterocycles. The normalized spacial score (nSPS) is 15.3. The van der Waals surface area contributed by atoms with Gasteiger partial charge in [0.2, 0.25) is 5.91 Å². The van der Waals surface area contributed by atoms with E-state index >= 15 is 0 Å². The van der Waals surface area contributed by atoms with Gasteiger partial charge in [0.15, 0.2) is 6.04 Å². The fourth-order valence-electron chi connectivity index (χ4n) is 1.03. The van der Waals surface area contributed by atoms with Crippen molar-refractivity contribution in [2.75, 3.05) is 13.7 Å². The Morgan fingerprint density at radius 3 is 2.19 bits per heavy atom. The summed E-state index contributed by atoms with van der Waals surface area (Å²) in [6.07, 6.45) is 0. The summed E-state index contributed by atoms with van der Waals surface area (Å²) in [5.41, 5.74) is -0.194. The molecule has 2 atom stereocenters. The van der Waals surface area contributed by atoms with Gasteiger partial charge in [-0.2, -0.15) is 0 Å². The van der Waals surface area contributed by atoms with E-state index in [0.717, 1.165) is 0 Å². The number of hydrogen-bond donors (Lipinski definition) is 2. The van der Waals surface area contributed by atoms with E-state index in [9.17, 15) is 9.59 Å². The van der Waals surface area contributed by atoms with Crippen LogP contribution in [0.5, 0.6) is 0 Å². The van der Waals surface area contributed by atoms with E-state index in [-0.39, 0.29) is 23.8 Å². The molecule has 0 saturated carbocycles. The third-order valence-electron chi connectivity index (χ3n) is 2.64. The van der Waals surface area contributed by atoms with Gasteiger partial charge >= 0.3 is 5.97 Å². The molecule has 5 heteroatoms. The molecular weight excluding hydrogens is 210 g/mol. The molecule has 2 N–H and O–H groups in total. The Balaban J connectivity index is 4.46. The molecule has 0 aromatic rings. The van der Waals surface area contributed by atoms with Crippen molar-refractivity contribution in [1.82, 2.24) is 5.32 Å². The van der Waals surface area contributed by atoms with Crippen LogP contribution in [0.1, 0.15) is 27.7 Å². The highest BCUT2D eigenvalue weighted by molar-refractivity contribution is 5.85. The van der Waals surface area contributed by atoms with Gasteiger partial charge in [0.1, 0.15) is 0 Å². The van der Waals surface area contributed by atoms with Crippen LogP contribution in [0.25, 0.3) is 0 Å². The van der Waals surface area contributed by atoms with E-state index in [1.54, 1.807) is 6.92 Å². The standard InChI is InChI=1S/C11H21NO4/c1-7(11(2,3)4)9(13)12-8(6-16-5)10(14)15/h7-8H,6H2,1-5H3,(H,12,13)(H,14,15). The molecule has 94 valence electrons. The minimum absolute atomic E-state index is 0.0298. The number of hydrogen-bond acceptors (Lipinski definition) is 3. The zero-order chi connectivity index (χ0) is 12.9. The molecule has 0 bridgehead atoms. The second kappa shape index (κ2) is 5.84. The van der Waals surface area contributed by atoms with Crippen molar-refractivity contribution < 1.29 is 19.4 Å². The first-order valence-corrected chi connectivity index (χ1v) is 5.22. The van der Waals surface area contributed by atoms with Crippen molar-refractivity contribution in [3.05, 3.63) is 0 Å². The van der Waals surface area contributed by atoms with Crippen molar-refractivity contribution in [2.24, 2.45) is 11.3 Å². The number of methoxy groups -OCH3 is 1. The van der Waals surface area contributed by atoms with Crippen LogP contribution in [0, 0.1) is 11.3 Å². The van der Waals surface area contributed by atoms with Gasteiger partial charge in [-0.1, -0.05) is 27.7 Å². The number of carboxylic acids is 1. The Bertz CT molecular complexity index is 257. The highest BCUT2D eigenvalue weighted by Gasteiger charge is 2.29. The minimum Gasteiger partial charge on any atom is -0.480 e. The fourth-order valence-corrected chi connectivity index (χ4v) is 1.03. The number of rotatable bonds is 5. The Morgan fingerprint density at radius 2 is 1.88 bits per heavy atom. The van der Waals surface area contributed by atoms with Crippen LogP contribution in [0.2, 0.25) is 0 Å². The lowest BCUT2D eigenvalue weighted by molar-refractivity contribution is -0.144. The molecule has 1 amide bonds. The summed E-state index contributed by atoms with van der Waals surface area (Å²) in [5, 5.41) is 11.3. The maximum atomic E-state index is 11.7. The van der Waals surface area contributed by atoms with Crippen molar-refractivity contribution in [2.45, 2.75) is 33.7 Å². The second-order valence-corrected chi connectivity index (χ2v) is 4.94. The topological polar surface area (TPSA) is 75.6 Å². The van der Waals surface area contributed by atoms with E-state index in [2.05, 4.69) is 5.32 Å². The molecule has 0 aliphatic rings. The molecule has 0 saturated heterocycles. The molecule has 16 heavy (non-hydrogen) atoms. The number of carboxylic acid groups (broad SMARTS) is 1. The van der Waals surface area contributed by atoms with Crippen molar-refractivity contribution >= 4 is 11.9 Å². The van der Waals surface area contributed by atoms with Crippen LogP contribution in [0.3, 0.4) is 0 Å². The Hall–Kier alpha value is -1.10. The number of carbonyl (C=O) groups is 2. The predicted molar refractivity (Wildman–Crippen MR) is 60.1 cm³/mol. The lowest BCUT2D eigenvalue weighted by Crippen LogP contribution is -2.47. The lowest BCUT2D eigenvalue weighted by atomic mass is 9.81. The molecule has 0 aromatic carbocycles. The van der Waals surface area contributed by atoms with Crippen molar-refractivity contribution in [3.63, 3.8) is 0 Å². The van der Waals surface area contributed by atoms with E-state index in [0.29, 0.717) is 0 Å². The number of carbonyl (C=O) groups excluding carboxylic acids is 1. The third-order valence-corrected chi connectivity index (χ3v) is 2.64. The van der Waals surface area contributed by atoms with Gasteiger partial charge in [0.05, 0.1) is 6.61 Å². The molecule has 0 aromatic heterocycles. The molecular formula is C11H21NO4. The Kier molecular flexibility index (Phi) is 5.44. The molecule has 5 nitrogen and oxygen atoms in total. The van der Waals surface area contributed by atoms with Crippen LogP contribution < -0.4 is 5.32 Å². The minimum atomic E-state index is -1.09. The predicted octanol–water partition coefficient (Wildman–Crippen LogP) is 0.884. The molecule has 0 rings (SSSR count). The van der Waals surface area contributed by atoms with Crippen LogP contribution >= 0.6 is 0 Å². The smallest absolute Gasteiger partial charge is 0.328 e. The quantitative estimate of drug-likeness (QED) is 0.736. The average Bonchev–Trinajstić information content (AvgIpc) is 2.14. The van der Waals surface area contributed by atoms with Gasteiger partial charge < -0.3 is 15.2 Å². The van der Waals surface area contributed by atoms with Gasteiger partial charge in [0, 0.05) is 13.0 Å². The van der Waals surface area contributed by atoms with Crippen LogP contribution in [0.4, 0.5) is 0 Å². The summed E-state index contributed by atoms with van der Waals surface area (Å²) in [6, 6.07) is -0.984. The second-order valence-electron chi connectivity index (χ2n) is 4.94. The monoisotopic (exact) mass is 231 g/mol. The third kappa shape index (κ3) is 4.61. The maximum absolute atomic E-state index is 11.7. The summed E-state index contributed by atoms with van der Waals surface area (Å²) in [7, 11) is 1.40. The summed E-state index contributed by atoms with van der Waals surface area (Å²) < 4.78 is 4.74. The number of ether oxygens (including phenoxy) is 1. The zero-order valence-corrected chi connectivity index (χ0v) is 10.5. The summed E-state index contributed by atoms with van der Waals surface area (Å²) in [5.74, 6) is -1.61. The first-order valence-electron chi connectivity index (χ1n) is 5.22. The summed E-state index contributed by atoms with van der Waals surface area (Å²) >= 11 is 0. The molecule has 0 fully saturated rings. The first kappa shape index (κ1) is 14.9. The fraction of sp³-hybridized carbons (Fsp3) is 0.818. The number of nitrogens with one attached hydrogen (secondary N) is 1. The maximum Gasteiger partial charge on any atom is 0.328 e. The lowest BCUT2D eigenvalue weighted by Gasteiger charge is -2.27.